The fourth-order valence-corrected chi connectivity index (χ4v) is 4.56. The highest BCUT2D eigenvalue weighted by molar-refractivity contribution is 7.91. The van der Waals surface area contributed by atoms with E-state index in [0.29, 0.717) is 6.54 Å². The van der Waals surface area contributed by atoms with E-state index < -0.39 is 33.2 Å². The van der Waals surface area contributed by atoms with Crippen molar-refractivity contribution in [1.82, 2.24) is 15.5 Å². The average molecular weight is 365 g/mol. The molecule has 0 bridgehead atoms. The van der Waals surface area contributed by atoms with E-state index in [0.717, 1.165) is 10.5 Å². The highest BCUT2D eigenvalue weighted by atomic mass is 32.2. The van der Waals surface area contributed by atoms with Crippen LogP contribution in [0, 0.1) is 0 Å². The van der Waals surface area contributed by atoms with E-state index in [9.17, 15) is 22.8 Å². The summed E-state index contributed by atoms with van der Waals surface area (Å²) in [6, 6.07) is 8.61. The molecule has 1 spiro atoms. The Morgan fingerprint density at radius 3 is 2.44 bits per heavy atom. The van der Waals surface area contributed by atoms with Gasteiger partial charge >= 0.3 is 6.03 Å². The number of carbonyl (C=O) groups is 3. The van der Waals surface area contributed by atoms with Crippen LogP contribution in [0.4, 0.5) is 4.79 Å². The summed E-state index contributed by atoms with van der Waals surface area (Å²) in [5.41, 5.74) is -0.288. The summed E-state index contributed by atoms with van der Waals surface area (Å²) in [5.74, 6) is -1.27. The van der Waals surface area contributed by atoms with Crippen molar-refractivity contribution < 1.29 is 22.8 Å². The molecule has 2 aliphatic heterocycles. The lowest BCUT2D eigenvalue weighted by Crippen LogP contribution is -2.52. The normalized spacial score (nSPS) is 21.2. The van der Waals surface area contributed by atoms with Crippen LogP contribution in [0.25, 0.3) is 0 Å². The van der Waals surface area contributed by atoms with Gasteiger partial charge in [-0.2, -0.15) is 0 Å². The quantitative estimate of drug-likeness (QED) is 0.718. The molecule has 2 saturated heterocycles. The molecular weight excluding hydrogens is 346 g/mol. The van der Waals surface area contributed by atoms with Crippen LogP contribution >= 0.6 is 0 Å². The number of carbonyl (C=O) groups excluding carboxylic acids is 3. The summed E-state index contributed by atoms with van der Waals surface area (Å²) in [7, 11) is -3.17. The van der Waals surface area contributed by atoms with Crippen molar-refractivity contribution in [3.8, 4) is 0 Å². The molecule has 9 heteroatoms. The van der Waals surface area contributed by atoms with E-state index in [1.54, 1.807) is 0 Å². The fourth-order valence-electron chi connectivity index (χ4n) is 3.04. The Balaban J connectivity index is 1.60. The fraction of sp³-hybridized carbons (Fsp3) is 0.438. The molecule has 0 radical (unpaired) electrons. The van der Waals surface area contributed by atoms with Crippen LogP contribution in [0.1, 0.15) is 18.4 Å². The van der Waals surface area contributed by atoms with Gasteiger partial charge in [0.05, 0.1) is 11.5 Å². The third-order valence-electron chi connectivity index (χ3n) is 4.56. The molecule has 0 aromatic heterocycles. The third kappa shape index (κ3) is 3.65. The number of sulfone groups is 1. The average Bonchev–Trinajstić information content (AvgIpc) is 2.81. The van der Waals surface area contributed by atoms with Gasteiger partial charge in [0.1, 0.15) is 12.1 Å². The minimum atomic E-state index is -3.17. The van der Waals surface area contributed by atoms with Gasteiger partial charge in [-0.25, -0.2) is 13.2 Å². The van der Waals surface area contributed by atoms with Gasteiger partial charge in [-0.3, -0.25) is 14.5 Å². The van der Waals surface area contributed by atoms with Crippen LogP contribution in [-0.4, -0.2) is 54.8 Å². The van der Waals surface area contributed by atoms with Crippen LogP contribution in [0.3, 0.4) is 0 Å². The Morgan fingerprint density at radius 1 is 1.16 bits per heavy atom. The number of benzene rings is 1. The molecule has 2 fully saturated rings. The van der Waals surface area contributed by atoms with E-state index >= 15 is 0 Å². The standard InChI is InChI=1S/C16H19N3O5S/c20-13(17-10-12-4-2-1-3-5-12)11-19-14(21)16(18-15(19)22)6-8-25(23,24)9-7-16/h1-5H,6-11H2,(H,17,20)(H,18,22). The van der Waals surface area contributed by atoms with Gasteiger partial charge in [0.15, 0.2) is 9.84 Å². The summed E-state index contributed by atoms with van der Waals surface area (Å²) >= 11 is 0. The lowest BCUT2D eigenvalue weighted by Gasteiger charge is -2.30. The number of hydrogen-bond acceptors (Lipinski definition) is 5. The molecule has 4 amide bonds. The predicted octanol–water partition coefficient (Wildman–Crippen LogP) is -0.198. The molecule has 2 aliphatic rings. The SMILES string of the molecule is O=C(CN1C(=O)NC2(CCS(=O)(=O)CC2)C1=O)NCc1ccccc1. The van der Waals surface area contributed by atoms with Crippen LogP contribution in [-0.2, 0) is 26.0 Å². The molecule has 3 rings (SSSR count). The van der Waals surface area contributed by atoms with Gasteiger partial charge in [-0.15, -0.1) is 0 Å². The lowest BCUT2D eigenvalue weighted by molar-refractivity contribution is -0.135. The largest absolute Gasteiger partial charge is 0.350 e. The zero-order valence-electron chi connectivity index (χ0n) is 13.5. The summed E-state index contributed by atoms with van der Waals surface area (Å²) in [6.45, 7) is -0.0846. The van der Waals surface area contributed by atoms with Gasteiger partial charge in [0.25, 0.3) is 5.91 Å². The van der Waals surface area contributed by atoms with Crippen molar-refractivity contribution in [3.63, 3.8) is 0 Å². The number of hydrogen-bond donors (Lipinski definition) is 2. The van der Waals surface area contributed by atoms with Crippen molar-refractivity contribution >= 4 is 27.7 Å². The minimum absolute atomic E-state index is 0.0437. The second-order valence-corrected chi connectivity index (χ2v) is 8.62. The first-order chi connectivity index (χ1) is 11.8. The van der Waals surface area contributed by atoms with Crippen LogP contribution in [0.5, 0.6) is 0 Å². The number of imide groups is 1. The molecular formula is C16H19N3O5S. The van der Waals surface area contributed by atoms with Gasteiger partial charge in [-0.1, -0.05) is 30.3 Å². The summed E-state index contributed by atoms with van der Waals surface area (Å²) in [6.07, 6.45) is 0.0874. The zero-order valence-corrected chi connectivity index (χ0v) is 14.3. The van der Waals surface area contributed by atoms with E-state index in [1.807, 2.05) is 30.3 Å². The van der Waals surface area contributed by atoms with Crippen molar-refractivity contribution in [2.24, 2.45) is 0 Å². The first kappa shape index (κ1) is 17.4. The van der Waals surface area contributed by atoms with Crippen molar-refractivity contribution in [3.05, 3.63) is 35.9 Å². The summed E-state index contributed by atoms with van der Waals surface area (Å²) in [4.78, 5) is 37.6. The Kier molecular flexibility index (Phi) is 4.51. The van der Waals surface area contributed by atoms with Gasteiger partial charge in [0.2, 0.25) is 5.91 Å². The zero-order chi connectivity index (χ0) is 18.1. The Labute approximate surface area is 145 Å². The van der Waals surface area contributed by atoms with Gasteiger partial charge in [-0.05, 0) is 18.4 Å². The van der Waals surface area contributed by atoms with E-state index in [1.165, 1.54) is 0 Å². The molecule has 8 nitrogen and oxygen atoms in total. The number of rotatable bonds is 4. The molecule has 0 saturated carbocycles. The molecule has 1 aromatic carbocycles. The third-order valence-corrected chi connectivity index (χ3v) is 6.21. The molecule has 2 heterocycles. The Morgan fingerprint density at radius 2 is 1.80 bits per heavy atom. The van der Waals surface area contributed by atoms with E-state index in [2.05, 4.69) is 10.6 Å². The molecule has 2 N–H and O–H groups in total. The minimum Gasteiger partial charge on any atom is -0.350 e. The van der Waals surface area contributed by atoms with Crippen molar-refractivity contribution in [2.75, 3.05) is 18.1 Å². The number of urea groups is 1. The molecule has 0 unspecified atom stereocenters. The van der Waals surface area contributed by atoms with Gasteiger partial charge < -0.3 is 10.6 Å². The smallest absolute Gasteiger partial charge is 0.325 e. The summed E-state index contributed by atoms with van der Waals surface area (Å²) in [5, 5.41) is 5.24. The predicted molar refractivity (Wildman–Crippen MR) is 89.2 cm³/mol. The second-order valence-electron chi connectivity index (χ2n) is 6.32. The maximum atomic E-state index is 12.6. The van der Waals surface area contributed by atoms with Crippen molar-refractivity contribution in [1.29, 1.82) is 0 Å². The maximum Gasteiger partial charge on any atom is 0.325 e. The number of nitrogens with one attached hydrogen (secondary N) is 2. The van der Waals surface area contributed by atoms with Crippen molar-refractivity contribution in [2.45, 2.75) is 24.9 Å². The Hall–Kier alpha value is -2.42. The molecule has 25 heavy (non-hydrogen) atoms. The maximum absolute atomic E-state index is 12.6. The highest BCUT2D eigenvalue weighted by Gasteiger charge is 2.53. The number of nitrogens with zero attached hydrogens (tertiary/aromatic N) is 1. The van der Waals surface area contributed by atoms with Crippen LogP contribution in [0.15, 0.2) is 30.3 Å². The van der Waals surface area contributed by atoms with Gasteiger partial charge in [0, 0.05) is 6.54 Å². The van der Waals surface area contributed by atoms with Crippen LogP contribution in [0.2, 0.25) is 0 Å². The highest BCUT2D eigenvalue weighted by Crippen LogP contribution is 2.30. The lowest BCUT2D eigenvalue weighted by atomic mass is 9.92. The monoisotopic (exact) mass is 365 g/mol. The van der Waals surface area contributed by atoms with Crippen LogP contribution < -0.4 is 10.6 Å². The van der Waals surface area contributed by atoms with E-state index in [4.69, 9.17) is 0 Å². The first-order valence-corrected chi connectivity index (χ1v) is 9.79. The molecule has 1 aromatic rings. The first-order valence-electron chi connectivity index (χ1n) is 7.96. The second kappa shape index (κ2) is 6.47. The molecule has 134 valence electrons. The molecule has 0 aliphatic carbocycles. The molecule has 0 atom stereocenters. The summed E-state index contributed by atoms with van der Waals surface area (Å²) < 4.78 is 23.1. The Bertz CT molecular complexity index is 792. The van der Waals surface area contributed by atoms with E-state index in [-0.39, 0.29) is 30.9 Å². The number of amides is 4. The topological polar surface area (TPSA) is 113 Å².